The summed E-state index contributed by atoms with van der Waals surface area (Å²) in [6.45, 7) is 7.30. The van der Waals surface area contributed by atoms with Crippen molar-refractivity contribution in [1.29, 1.82) is 0 Å². The third kappa shape index (κ3) is 6.35. The normalized spacial score (nSPS) is 15.2. The van der Waals surface area contributed by atoms with E-state index in [0.717, 1.165) is 51.4 Å². The van der Waals surface area contributed by atoms with Crippen molar-refractivity contribution in [2.45, 2.75) is 38.9 Å². The highest BCUT2D eigenvalue weighted by atomic mass is 16.5. The van der Waals surface area contributed by atoms with Crippen LogP contribution in [0.15, 0.2) is 48.5 Å². The van der Waals surface area contributed by atoms with Crippen LogP contribution in [0.25, 0.3) is 0 Å². The van der Waals surface area contributed by atoms with Gasteiger partial charge in [0.1, 0.15) is 12.4 Å². The molecule has 0 radical (unpaired) electrons. The Hall–Kier alpha value is -1.88. The molecule has 0 saturated carbocycles. The minimum absolute atomic E-state index is 0.624. The summed E-state index contributed by atoms with van der Waals surface area (Å²) in [5, 5.41) is 3.53. The molecule has 146 valence electrons. The molecule has 0 atom stereocenters. The molecule has 1 saturated heterocycles. The Kier molecular flexibility index (Phi) is 7.69. The van der Waals surface area contributed by atoms with Gasteiger partial charge >= 0.3 is 0 Å². The second-order valence-corrected chi connectivity index (χ2v) is 7.35. The number of hydrogen-bond donors (Lipinski definition) is 1. The van der Waals surface area contributed by atoms with E-state index in [2.05, 4.69) is 66.7 Å². The highest BCUT2D eigenvalue weighted by Crippen LogP contribution is 2.15. The van der Waals surface area contributed by atoms with Crippen LogP contribution < -0.4 is 10.1 Å². The van der Waals surface area contributed by atoms with Crippen molar-refractivity contribution in [2.24, 2.45) is 0 Å². The van der Waals surface area contributed by atoms with Crippen molar-refractivity contribution < 1.29 is 9.47 Å². The van der Waals surface area contributed by atoms with E-state index in [9.17, 15) is 0 Å². The topological polar surface area (TPSA) is 33.7 Å². The molecule has 0 bridgehead atoms. The maximum Gasteiger partial charge on any atom is 0.119 e. The van der Waals surface area contributed by atoms with Crippen LogP contribution in [0.2, 0.25) is 0 Å². The lowest BCUT2D eigenvalue weighted by molar-refractivity contribution is 0.0392. The number of nitrogens with one attached hydrogen (secondary N) is 1. The fourth-order valence-corrected chi connectivity index (χ4v) is 3.51. The zero-order valence-electron chi connectivity index (χ0n) is 16.6. The highest BCUT2D eigenvalue weighted by molar-refractivity contribution is 5.29. The standard InChI is InChI=1S/C23H32N2O2/c1-19-6-3-4-8-21(19)18-24-17-20-7-5-9-23(16-20)27-15-12-25(2)22-10-13-26-14-11-22/h3-9,16,22,24H,10-15,17-18H2,1-2H3. The second kappa shape index (κ2) is 10.5. The summed E-state index contributed by atoms with van der Waals surface area (Å²) in [6.07, 6.45) is 2.25. The zero-order chi connectivity index (χ0) is 18.9. The van der Waals surface area contributed by atoms with Crippen LogP contribution >= 0.6 is 0 Å². The van der Waals surface area contributed by atoms with Gasteiger partial charge in [-0.3, -0.25) is 4.90 Å². The van der Waals surface area contributed by atoms with E-state index in [1.165, 1.54) is 16.7 Å². The number of aryl methyl sites for hydroxylation is 1. The van der Waals surface area contributed by atoms with Gasteiger partial charge in [-0.2, -0.15) is 0 Å². The third-order valence-electron chi connectivity index (χ3n) is 5.33. The molecule has 0 amide bonds. The lowest BCUT2D eigenvalue weighted by atomic mass is 10.1. The Balaban J connectivity index is 1.41. The van der Waals surface area contributed by atoms with E-state index in [4.69, 9.17) is 9.47 Å². The molecule has 0 spiro atoms. The Morgan fingerprint density at radius 2 is 1.89 bits per heavy atom. The number of likely N-dealkylation sites (N-methyl/N-ethyl adjacent to an activating group) is 1. The van der Waals surface area contributed by atoms with Crippen molar-refractivity contribution >= 4 is 0 Å². The number of nitrogens with zero attached hydrogens (tertiary/aromatic N) is 1. The van der Waals surface area contributed by atoms with Crippen molar-refractivity contribution in [1.82, 2.24) is 10.2 Å². The number of benzene rings is 2. The lowest BCUT2D eigenvalue weighted by Gasteiger charge is -2.31. The van der Waals surface area contributed by atoms with Crippen LogP contribution in [0.4, 0.5) is 0 Å². The monoisotopic (exact) mass is 368 g/mol. The molecule has 4 nitrogen and oxygen atoms in total. The molecular weight excluding hydrogens is 336 g/mol. The van der Waals surface area contributed by atoms with Crippen LogP contribution in [-0.2, 0) is 17.8 Å². The van der Waals surface area contributed by atoms with Gasteiger partial charge in [0, 0.05) is 38.9 Å². The van der Waals surface area contributed by atoms with Crippen LogP contribution in [0.5, 0.6) is 5.75 Å². The molecule has 1 aliphatic heterocycles. The number of rotatable bonds is 9. The first-order valence-electron chi connectivity index (χ1n) is 9.97. The Bertz CT molecular complexity index is 698. The van der Waals surface area contributed by atoms with Crippen LogP contribution in [0.3, 0.4) is 0 Å². The molecule has 1 fully saturated rings. The first-order valence-corrected chi connectivity index (χ1v) is 9.97. The molecule has 0 aliphatic carbocycles. The summed E-state index contributed by atoms with van der Waals surface area (Å²) >= 11 is 0. The van der Waals surface area contributed by atoms with E-state index in [-0.39, 0.29) is 0 Å². The van der Waals surface area contributed by atoms with Gasteiger partial charge in [0.15, 0.2) is 0 Å². The van der Waals surface area contributed by atoms with Crippen molar-refractivity contribution in [3.63, 3.8) is 0 Å². The molecule has 0 aromatic heterocycles. The van der Waals surface area contributed by atoms with Crippen molar-refractivity contribution in [2.75, 3.05) is 33.4 Å². The maximum atomic E-state index is 5.99. The molecule has 27 heavy (non-hydrogen) atoms. The largest absolute Gasteiger partial charge is 0.492 e. The number of hydrogen-bond acceptors (Lipinski definition) is 4. The molecule has 2 aromatic carbocycles. The van der Waals surface area contributed by atoms with Crippen LogP contribution in [0.1, 0.15) is 29.5 Å². The fraction of sp³-hybridized carbons (Fsp3) is 0.478. The van der Waals surface area contributed by atoms with E-state index >= 15 is 0 Å². The Morgan fingerprint density at radius 1 is 1.07 bits per heavy atom. The molecule has 1 aliphatic rings. The molecular formula is C23H32N2O2. The maximum absolute atomic E-state index is 5.99. The minimum Gasteiger partial charge on any atom is -0.492 e. The highest BCUT2D eigenvalue weighted by Gasteiger charge is 2.17. The molecule has 2 aromatic rings. The smallest absolute Gasteiger partial charge is 0.119 e. The van der Waals surface area contributed by atoms with Crippen molar-refractivity contribution in [3.8, 4) is 5.75 Å². The molecule has 3 rings (SSSR count). The molecule has 1 N–H and O–H groups in total. The third-order valence-corrected chi connectivity index (χ3v) is 5.33. The molecule has 4 heteroatoms. The second-order valence-electron chi connectivity index (χ2n) is 7.35. The van der Waals surface area contributed by atoms with E-state index in [1.807, 2.05) is 6.07 Å². The van der Waals surface area contributed by atoms with Gasteiger partial charge in [-0.05, 0) is 55.6 Å². The van der Waals surface area contributed by atoms with Crippen molar-refractivity contribution in [3.05, 3.63) is 65.2 Å². The zero-order valence-corrected chi connectivity index (χ0v) is 16.6. The predicted molar refractivity (Wildman–Crippen MR) is 110 cm³/mol. The lowest BCUT2D eigenvalue weighted by Crippen LogP contribution is -2.38. The average molecular weight is 369 g/mol. The van der Waals surface area contributed by atoms with Gasteiger partial charge in [-0.15, -0.1) is 0 Å². The van der Waals surface area contributed by atoms with Gasteiger partial charge in [-0.25, -0.2) is 0 Å². The quantitative estimate of drug-likeness (QED) is 0.730. The molecule has 1 heterocycles. The minimum atomic E-state index is 0.624. The summed E-state index contributed by atoms with van der Waals surface area (Å²) < 4.78 is 11.4. The summed E-state index contributed by atoms with van der Waals surface area (Å²) in [6, 6.07) is 17.5. The SMILES string of the molecule is Cc1ccccc1CNCc1cccc(OCCN(C)C2CCOCC2)c1. The summed E-state index contributed by atoms with van der Waals surface area (Å²) in [5.74, 6) is 0.950. The van der Waals surface area contributed by atoms with Gasteiger partial charge in [0.2, 0.25) is 0 Å². The first kappa shape index (κ1) is 19.9. The van der Waals surface area contributed by atoms with Crippen LogP contribution in [0, 0.1) is 6.92 Å². The Morgan fingerprint density at radius 3 is 2.70 bits per heavy atom. The number of ether oxygens (including phenoxy) is 2. The van der Waals surface area contributed by atoms with Gasteiger partial charge in [0.05, 0.1) is 0 Å². The van der Waals surface area contributed by atoms with Gasteiger partial charge in [-0.1, -0.05) is 36.4 Å². The fourth-order valence-electron chi connectivity index (χ4n) is 3.51. The molecule has 0 unspecified atom stereocenters. The van der Waals surface area contributed by atoms with Crippen LogP contribution in [-0.4, -0.2) is 44.4 Å². The first-order chi connectivity index (χ1) is 13.2. The van der Waals surface area contributed by atoms with E-state index in [1.54, 1.807) is 0 Å². The van der Waals surface area contributed by atoms with E-state index in [0.29, 0.717) is 12.6 Å². The average Bonchev–Trinajstić information content (AvgIpc) is 2.70. The Labute approximate surface area is 163 Å². The summed E-state index contributed by atoms with van der Waals surface area (Å²) in [7, 11) is 2.19. The van der Waals surface area contributed by atoms with Gasteiger partial charge < -0.3 is 14.8 Å². The van der Waals surface area contributed by atoms with E-state index < -0.39 is 0 Å². The summed E-state index contributed by atoms with van der Waals surface area (Å²) in [5.41, 5.74) is 3.93. The van der Waals surface area contributed by atoms with Gasteiger partial charge in [0.25, 0.3) is 0 Å². The predicted octanol–water partition coefficient (Wildman–Crippen LogP) is 3.77. The summed E-state index contributed by atoms with van der Waals surface area (Å²) in [4.78, 5) is 2.40.